The number of hydrogen-bond donors (Lipinski definition) is 1. The van der Waals surface area contributed by atoms with E-state index >= 15 is 0 Å². The molecule has 0 atom stereocenters. The maximum atomic E-state index is 11.8. The van der Waals surface area contributed by atoms with Crippen molar-refractivity contribution in [3.63, 3.8) is 0 Å². The van der Waals surface area contributed by atoms with Crippen LogP contribution in [0, 0.1) is 0 Å². The third-order valence-corrected chi connectivity index (χ3v) is 4.01. The van der Waals surface area contributed by atoms with Crippen LogP contribution in [0.5, 0.6) is 5.75 Å². The lowest BCUT2D eigenvalue weighted by Gasteiger charge is -2.07. The van der Waals surface area contributed by atoms with Crippen LogP contribution in [0.2, 0.25) is 15.1 Å². The summed E-state index contributed by atoms with van der Waals surface area (Å²) in [4.78, 5) is 16.7. The van der Waals surface area contributed by atoms with Gasteiger partial charge in [-0.3, -0.25) is 4.79 Å². The average molecular weight is 388 g/mol. The zero-order valence-corrected chi connectivity index (χ0v) is 14.8. The molecule has 0 aliphatic heterocycles. The molecule has 2 aromatic carbocycles. The molecule has 0 saturated heterocycles. The van der Waals surface area contributed by atoms with Crippen LogP contribution in [0.15, 0.2) is 41.6 Å². The summed E-state index contributed by atoms with van der Waals surface area (Å²) in [7, 11) is 1.51. The number of ether oxygens (including phenoxy) is 1. The Bertz CT molecular complexity index is 766. The summed E-state index contributed by atoms with van der Waals surface area (Å²) in [5.41, 5.74) is 1.11. The van der Waals surface area contributed by atoms with Gasteiger partial charge in [0.1, 0.15) is 5.75 Å². The zero-order valence-electron chi connectivity index (χ0n) is 12.6. The van der Waals surface area contributed by atoms with Crippen molar-refractivity contribution >= 4 is 52.6 Å². The normalized spacial score (nSPS) is 10.7. The van der Waals surface area contributed by atoms with E-state index in [1.54, 1.807) is 36.4 Å². The molecule has 0 radical (unpaired) electrons. The van der Waals surface area contributed by atoms with Crippen LogP contribution in [-0.2, 0) is 9.63 Å². The number of nitrogens with one attached hydrogen (secondary N) is 1. The maximum absolute atomic E-state index is 11.8. The smallest absolute Gasteiger partial charge is 0.265 e. The van der Waals surface area contributed by atoms with Crippen LogP contribution in [0.3, 0.4) is 0 Å². The Morgan fingerprint density at radius 2 is 2.00 bits per heavy atom. The van der Waals surface area contributed by atoms with Crippen molar-refractivity contribution in [3.8, 4) is 5.75 Å². The second kappa shape index (κ2) is 8.78. The SMILES string of the molecule is COc1ccc(NC(=O)CO/N=C\c2cccc(Cl)c2Cl)cc1Cl. The molecule has 0 saturated carbocycles. The van der Waals surface area contributed by atoms with Crippen molar-refractivity contribution in [1.29, 1.82) is 0 Å². The van der Waals surface area contributed by atoms with Gasteiger partial charge in [-0.25, -0.2) is 0 Å². The van der Waals surface area contributed by atoms with E-state index in [4.69, 9.17) is 44.4 Å². The maximum Gasteiger partial charge on any atom is 0.265 e. The van der Waals surface area contributed by atoms with Crippen LogP contribution in [0.4, 0.5) is 5.69 Å². The standard InChI is InChI=1S/C16H13Cl3N2O3/c1-23-14-6-5-11(7-13(14)18)21-15(22)9-24-20-8-10-3-2-4-12(17)16(10)19/h2-8H,9H2,1H3,(H,21,22)/b20-8-. The lowest BCUT2D eigenvalue weighted by atomic mass is 10.2. The third-order valence-electron chi connectivity index (χ3n) is 2.88. The van der Waals surface area contributed by atoms with Gasteiger partial charge in [0, 0.05) is 11.3 Å². The Balaban J connectivity index is 1.86. The number of hydrogen-bond acceptors (Lipinski definition) is 4. The predicted molar refractivity (Wildman–Crippen MR) is 96.6 cm³/mol. The van der Waals surface area contributed by atoms with Gasteiger partial charge in [0.05, 0.1) is 28.4 Å². The third kappa shape index (κ3) is 5.03. The Morgan fingerprint density at radius 3 is 2.71 bits per heavy atom. The molecule has 8 heteroatoms. The van der Waals surface area contributed by atoms with Gasteiger partial charge in [0.2, 0.25) is 0 Å². The molecule has 1 amide bonds. The van der Waals surface area contributed by atoms with Crippen molar-refractivity contribution in [2.75, 3.05) is 19.0 Å². The molecule has 0 fully saturated rings. The molecule has 0 spiro atoms. The lowest BCUT2D eigenvalue weighted by molar-refractivity contribution is -0.120. The van der Waals surface area contributed by atoms with Crippen LogP contribution in [-0.4, -0.2) is 25.8 Å². The van der Waals surface area contributed by atoms with Gasteiger partial charge in [0.15, 0.2) is 6.61 Å². The van der Waals surface area contributed by atoms with Crippen molar-refractivity contribution in [1.82, 2.24) is 0 Å². The van der Waals surface area contributed by atoms with Gasteiger partial charge >= 0.3 is 0 Å². The monoisotopic (exact) mass is 386 g/mol. The van der Waals surface area contributed by atoms with E-state index in [1.165, 1.54) is 13.3 Å². The molecule has 126 valence electrons. The highest BCUT2D eigenvalue weighted by molar-refractivity contribution is 6.43. The van der Waals surface area contributed by atoms with Crippen molar-refractivity contribution in [2.24, 2.45) is 5.16 Å². The molecule has 0 aliphatic rings. The number of halogens is 3. The summed E-state index contributed by atoms with van der Waals surface area (Å²) in [5.74, 6) is 0.138. The van der Waals surface area contributed by atoms with E-state index in [2.05, 4.69) is 10.5 Å². The lowest BCUT2D eigenvalue weighted by Crippen LogP contribution is -2.17. The van der Waals surface area contributed by atoms with Crippen LogP contribution in [0.1, 0.15) is 5.56 Å². The minimum atomic E-state index is -0.384. The van der Waals surface area contributed by atoms with E-state index in [0.717, 1.165) is 0 Å². The molecule has 0 heterocycles. The Kier molecular flexibility index (Phi) is 6.73. The molecule has 24 heavy (non-hydrogen) atoms. The minimum Gasteiger partial charge on any atom is -0.495 e. The quantitative estimate of drug-likeness (QED) is 0.580. The summed E-state index contributed by atoms with van der Waals surface area (Å²) in [6, 6.07) is 10.0. The molecule has 2 aromatic rings. The molecular weight excluding hydrogens is 375 g/mol. The summed E-state index contributed by atoms with van der Waals surface area (Å²) in [6.07, 6.45) is 1.38. The van der Waals surface area contributed by atoms with Gasteiger partial charge < -0.3 is 14.9 Å². The fraction of sp³-hybridized carbons (Fsp3) is 0.125. The minimum absolute atomic E-state index is 0.266. The van der Waals surface area contributed by atoms with Gasteiger partial charge in [-0.2, -0.15) is 0 Å². The highest BCUT2D eigenvalue weighted by Gasteiger charge is 2.06. The van der Waals surface area contributed by atoms with Gasteiger partial charge in [-0.1, -0.05) is 52.1 Å². The first-order valence-corrected chi connectivity index (χ1v) is 7.87. The highest BCUT2D eigenvalue weighted by atomic mass is 35.5. The molecule has 0 aromatic heterocycles. The number of rotatable bonds is 6. The Labute approximate surface area is 154 Å². The first kappa shape index (κ1) is 18.4. The fourth-order valence-electron chi connectivity index (χ4n) is 1.75. The molecule has 0 unspecified atom stereocenters. The molecule has 2 rings (SSSR count). The van der Waals surface area contributed by atoms with Crippen LogP contribution >= 0.6 is 34.8 Å². The number of methoxy groups -OCH3 is 1. The van der Waals surface area contributed by atoms with Gasteiger partial charge in [-0.05, 0) is 24.3 Å². The predicted octanol–water partition coefficient (Wildman–Crippen LogP) is 4.64. The summed E-state index contributed by atoms with van der Waals surface area (Å²) >= 11 is 17.9. The number of oxime groups is 1. The first-order valence-electron chi connectivity index (χ1n) is 6.74. The number of anilines is 1. The first-order chi connectivity index (χ1) is 11.5. The molecular formula is C16H13Cl3N2O3. The largest absolute Gasteiger partial charge is 0.495 e. The Morgan fingerprint density at radius 1 is 1.21 bits per heavy atom. The second-order valence-corrected chi connectivity index (χ2v) is 5.74. The fourth-order valence-corrected chi connectivity index (χ4v) is 2.37. The van der Waals surface area contributed by atoms with E-state index in [1.807, 2.05) is 0 Å². The van der Waals surface area contributed by atoms with Crippen LogP contribution < -0.4 is 10.1 Å². The van der Waals surface area contributed by atoms with Crippen LogP contribution in [0.25, 0.3) is 0 Å². The zero-order chi connectivity index (χ0) is 17.5. The second-order valence-electron chi connectivity index (χ2n) is 4.55. The summed E-state index contributed by atoms with van der Waals surface area (Å²) < 4.78 is 5.04. The van der Waals surface area contributed by atoms with Gasteiger partial charge in [-0.15, -0.1) is 0 Å². The number of benzene rings is 2. The number of nitrogens with zero attached hydrogens (tertiary/aromatic N) is 1. The van der Waals surface area contributed by atoms with E-state index < -0.39 is 0 Å². The summed E-state index contributed by atoms with van der Waals surface area (Å²) in [5, 5.41) is 7.49. The van der Waals surface area contributed by atoms with E-state index in [-0.39, 0.29) is 12.5 Å². The number of carbonyl (C=O) groups is 1. The van der Waals surface area contributed by atoms with Crippen molar-refractivity contribution < 1.29 is 14.4 Å². The number of amides is 1. The summed E-state index contributed by atoms with van der Waals surface area (Å²) in [6.45, 7) is -0.266. The topological polar surface area (TPSA) is 59.9 Å². The highest BCUT2D eigenvalue weighted by Crippen LogP contribution is 2.27. The van der Waals surface area contributed by atoms with Gasteiger partial charge in [0.25, 0.3) is 5.91 Å². The van der Waals surface area contributed by atoms with Crippen molar-refractivity contribution in [3.05, 3.63) is 57.0 Å². The number of carbonyl (C=O) groups excluding carboxylic acids is 1. The molecule has 0 bridgehead atoms. The molecule has 5 nitrogen and oxygen atoms in total. The van der Waals surface area contributed by atoms with E-state index in [0.29, 0.717) is 32.1 Å². The van der Waals surface area contributed by atoms with E-state index in [9.17, 15) is 4.79 Å². The molecule has 1 N–H and O–H groups in total. The van der Waals surface area contributed by atoms with Crippen molar-refractivity contribution in [2.45, 2.75) is 0 Å². The molecule has 0 aliphatic carbocycles. The Hall–Kier alpha value is -1.95. The average Bonchev–Trinajstić information content (AvgIpc) is 2.55.